The lowest BCUT2D eigenvalue weighted by Gasteiger charge is -2.05. The summed E-state index contributed by atoms with van der Waals surface area (Å²) in [6, 6.07) is 15.5. The minimum absolute atomic E-state index is 0.164. The molecule has 3 rings (SSSR count). The maximum Gasteiger partial charge on any atom is 0.272 e. The molecule has 0 unspecified atom stereocenters. The van der Waals surface area contributed by atoms with E-state index in [-0.39, 0.29) is 5.91 Å². The molecule has 1 N–H and O–H groups in total. The molecule has 0 saturated heterocycles. The van der Waals surface area contributed by atoms with Crippen molar-refractivity contribution in [2.45, 2.75) is 6.54 Å². The highest BCUT2D eigenvalue weighted by Crippen LogP contribution is 2.18. The van der Waals surface area contributed by atoms with Crippen LogP contribution in [0.3, 0.4) is 0 Å². The van der Waals surface area contributed by atoms with Gasteiger partial charge in [0.2, 0.25) is 0 Å². The Kier molecular flexibility index (Phi) is 3.75. The number of hydrogen-bond donors (Lipinski definition) is 1. The molecule has 21 heavy (non-hydrogen) atoms. The van der Waals surface area contributed by atoms with Gasteiger partial charge >= 0.3 is 0 Å². The molecule has 0 bridgehead atoms. The molecule has 0 aliphatic rings. The number of nitrogens with zero attached hydrogens (tertiary/aromatic N) is 2. The van der Waals surface area contributed by atoms with Crippen LogP contribution in [0.1, 0.15) is 16.1 Å². The Labute approximate surface area is 130 Å². The van der Waals surface area contributed by atoms with Gasteiger partial charge in [-0.05, 0) is 17.7 Å². The zero-order valence-electron chi connectivity index (χ0n) is 11.5. The van der Waals surface area contributed by atoms with Crippen LogP contribution in [0.15, 0.2) is 53.0 Å². The first-order chi connectivity index (χ1) is 10.2. The van der Waals surface area contributed by atoms with Gasteiger partial charge in [0.05, 0.1) is 5.52 Å². The average Bonchev–Trinajstić information content (AvgIpc) is 2.84. The maximum absolute atomic E-state index is 12.4. The molecule has 1 amide bonds. The number of rotatable bonds is 3. The SMILES string of the molecule is Cn1nc(C(=O)NCc2ccccc2Br)c2ccccc21. The van der Waals surface area contributed by atoms with Crippen LogP contribution in [0.4, 0.5) is 0 Å². The van der Waals surface area contributed by atoms with Crippen molar-refractivity contribution in [3.8, 4) is 0 Å². The summed E-state index contributed by atoms with van der Waals surface area (Å²) in [5, 5.41) is 8.10. The molecule has 106 valence electrons. The molecule has 0 atom stereocenters. The number of para-hydroxylation sites is 1. The summed E-state index contributed by atoms with van der Waals surface area (Å²) in [5.74, 6) is -0.164. The minimum atomic E-state index is -0.164. The summed E-state index contributed by atoms with van der Waals surface area (Å²) < 4.78 is 2.71. The van der Waals surface area contributed by atoms with Crippen LogP contribution >= 0.6 is 15.9 Å². The highest BCUT2D eigenvalue weighted by atomic mass is 79.9. The number of aryl methyl sites for hydroxylation is 1. The number of hydrogen-bond acceptors (Lipinski definition) is 2. The van der Waals surface area contributed by atoms with Crippen LogP contribution < -0.4 is 5.32 Å². The lowest BCUT2D eigenvalue weighted by molar-refractivity contribution is 0.0946. The van der Waals surface area contributed by atoms with Crippen LogP contribution in [-0.4, -0.2) is 15.7 Å². The third-order valence-electron chi connectivity index (χ3n) is 3.37. The quantitative estimate of drug-likeness (QED) is 0.793. The van der Waals surface area contributed by atoms with E-state index in [2.05, 4.69) is 26.3 Å². The van der Waals surface area contributed by atoms with E-state index in [1.54, 1.807) is 4.68 Å². The van der Waals surface area contributed by atoms with Gasteiger partial charge in [-0.25, -0.2) is 0 Å². The lowest BCUT2D eigenvalue weighted by Crippen LogP contribution is -2.23. The fourth-order valence-corrected chi connectivity index (χ4v) is 2.71. The van der Waals surface area contributed by atoms with Gasteiger partial charge in [-0.2, -0.15) is 5.10 Å². The summed E-state index contributed by atoms with van der Waals surface area (Å²) >= 11 is 3.48. The van der Waals surface area contributed by atoms with E-state index in [1.165, 1.54) is 0 Å². The van der Waals surface area contributed by atoms with Crippen molar-refractivity contribution >= 4 is 32.7 Å². The number of aromatic nitrogens is 2. The van der Waals surface area contributed by atoms with E-state index in [4.69, 9.17) is 0 Å². The number of halogens is 1. The first kappa shape index (κ1) is 13.8. The molecular formula is C16H14BrN3O. The Morgan fingerprint density at radius 2 is 1.90 bits per heavy atom. The van der Waals surface area contributed by atoms with E-state index in [1.807, 2.05) is 55.6 Å². The van der Waals surface area contributed by atoms with Gasteiger partial charge in [-0.1, -0.05) is 52.3 Å². The number of benzene rings is 2. The Bertz CT molecular complexity index is 810. The van der Waals surface area contributed by atoms with Crippen molar-refractivity contribution in [2.75, 3.05) is 0 Å². The van der Waals surface area contributed by atoms with E-state index in [0.717, 1.165) is 20.9 Å². The Hall–Kier alpha value is -2.14. The van der Waals surface area contributed by atoms with Crippen molar-refractivity contribution in [1.29, 1.82) is 0 Å². The first-order valence-corrected chi connectivity index (χ1v) is 7.39. The molecule has 1 heterocycles. The molecule has 0 fully saturated rings. The molecule has 0 saturated carbocycles. The summed E-state index contributed by atoms with van der Waals surface area (Å²) in [6.07, 6.45) is 0. The van der Waals surface area contributed by atoms with Gasteiger partial charge in [0.15, 0.2) is 5.69 Å². The van der Waals surface area contributed by atoms with Gasteiger partial charge in [0.25, 0.3) is 5.91 Å². The summed E-state index contributed by atoms with van der Waals surface area (Å²) in [6.45, 7) is 0.463. The third kappa shape index (κ3) is 2.69. The van der Waals surface area contributed by atoms with Crippen LogP contribution in [0, 0.1) is 0 Å². The molecule has 3 aromatic rings. The van der Waals surface area contributed by atoms with Crippen molar-refractivity contribution in [3.05, 3.63) is 64.3 Å². The van der Waals surface area contributed by atoms with Crippen LogP contribution in [0.5, 0.6) is 0 Å². The highest BCUT2D eigenvalue weighted by molar-refractivity contribution is 9.10. The van der Waals surface area contributed by atoms with Crippen LogP contribution in [0.25, 0.3) is 10.9 Å². The monoisotopic (exact) mass is 343 g/mol. The first-order valence-electron chi connectivity index (χ1n) is 6.60. The van der Waals surface area contributed by atoms with Gasteiger partial charge in [-0.3, -0.25) is 9.48 Å². The standard InChI is InChI=1S/C16H14BrN3O/c1-20-14-9-5-3-7-12(14)15(19-20)16(21)18-10-11-6-2-4-8-13(11)17/h2-9H,10H2,1H3,(H,18,21). The maximum atomic E-state index is 12.4. The number of carbonyl (C=O) groups is 1. The summed E-state index contributed by atoms with van der Waals surface area (Å²) in [5.41, 5.74) is 2.44. The zero-order valence-corrected chi connectivity index (χ0v) is 13.1. The molecule has 4 nitrogen and oxygen atoms in total. The van der Waals surface area contributed by atoms with Crippen molar-refractivity contribution in [3.63, 3.8) is 0 Å². The van der Waals surface area contributed by atoms with Crippen molar-refractivity contribution in [1.82, 2.24) is 15.1 Å². The molecule has 0 spiro atoms. The normalized spacial score (nSPS) is 10.8. The van der Waals surface area contributed by atoms with Crippen LogP contribution in [0.2, 0.25) is 0 Å². The molecule has 5 heteroatoms. The molecular weight excluding hydrogens is 330 g/mol. The fraction of sp³-hybridized carbons (Fsp3) is 0.125. The predicted octanol–water partition coefficient (Wildman–Crippen LogP) is 3.27. The molecule has 0 aliphatic heterocycles. The topological polar surface area (TPSA) is 46.9 Å². The van der Waals surface area contributed by atoms with E-state index in [0.29, 0.717) is 12.2 Å². The molecule has 2 aromatic carbocycles. The Morgan fingerprint density at radius 3 is 2.71 bits per heavy atom. The largest absolute Gasteiger partial charge is 0.347 e. The fourth-order valence-electron chi connectivity index (χ4n) is 2.28. The number of nitrogens with one attached hydrogen (secondary N) is 1. The second-order valence-corrected chi connectivity index (χ2v) is 5.62. The van der Waals surface area contributed by atoms with Crippen molar-refractivity contribution < 1.29 is 4.79 Å². The molecule has 0 radical (unpaired) electrons. The number of fused-ring (bicyclic) bond motifs is 1. The Balaban J connectivity index is 1.83. The summed E-state index contributed by atoms with van der Waals surface area (Å²) in [4.78, 5) is 12.4. The second-order valence-electron chi connectivity index (χ2n) is 4.76. The minimum Gasteiger partial charge on any atom is -0.347 e. The highest BCUT2D eigenvalue weighted by Gasteiger charge is 2.15. The van der Waals surface area contributed by atoms with E-state index >= 15 is 0 Å². The van der Waals surface area contributed by atoms with Crippen molar-refractivity contribution in [2.24, 2.45) is 7.05 Å². The second kappa shape index (κ2) is 5.69. The molecule has 0 aliphatic carbocycles. The van der Waals surface area contributed by atoms with Gasteiger partial charge in [-0.15, -0.1) is 0 Å². The number of carbonyl (C=O) groups excluding carboxylic acids is 1. The van der Waals surface area contributed by atoms with Gasteiger partial charge in [0, 0.05) is 23.5 Å². The lowest BCUT2D eigenvalue weighted by atomic mass is 10.2. The smallest absolute Gasteiger partial charge is 0.272 e. The van der Waals surface area contributed by atoms with Gasteiger partial charge < -0.3 is 5.32 Å². The van der Waals surface area contributed by atoms with E-state index in [9.17, 15) is 4.79 Å². The summed E-state index contributed by atoms with van der Waals surface area (Å²) in [7, 11) is 1.84. The molecule has 1 aromatic heterocycles. The predicted molar refractivity (Wildman–Crippen MR) is 86.0 cm³/mol. The number of amides is 1. The Morgan fingerprint density at radius 1 is 1.19 bits per heavy atom. The zero-order chi connectivity index (χ0) is 14.8. The average molecular weight is 344 g/mol. The van der Waals surface area contributed by atoms with E-state index < -0.39 is 0 Å². The van der Waals surface area contributed by atoms with Crippen LogP contribution in [-0.2, 0) is 13.6 Å². The third-order valence-corrected chi connectivity index (χ3v) is 4.14. The van der Waals surface area contributed by atoms with Gasteiger partial charge in [0.1, 0.15) is 0 Å².